The van der Waals surface area contributed by atoms with Gasteiger partial charge in [-0.2, -0.15) is 4.98 Å². The molecule has 0 aliphatic heterocycles. The van der Waals surface area contributed by atoms with Gasteiger partial charge in [0.2, 0.25) is 5.95 Å². The molecule has 0 radical (unpaired) electrons. The Morgan fingerprint density at radius 1 is 0.806 bits per heavy atom. The van der Waals surface area contributed by atoms with E-state index in [0.29, 0.717) is 12.1 Å². The Morgan fingerprint density at radius 2 is 1.50 bits per heavy atom. The molecule has 0 unspecified atom stereocenters. The summed E-state index contributed by atoms with van der Waals surface area (Å²) < 4.78 is 5.98. The van der Waals surface area contributed by atoms with E-state index in [0.717, 1.165) is 66.4 Å². The molecule has 0 spiro atoms. The lowest BCUT2D eigenvalue weighted by Gasteiger charge is -2.30. The van der Waals surface area contributed by atoms with Crippen molar-refractivity contribution < 1.29 is 4.74 Å². The monoisotopic (exact) mass is 483 g/mol. The zero-order valence-electron chi connectivity index (χ0n) is 20.4. The van der Waals surface area contributed by atoms with Gasteiger partial charge in [-0.25, -0.2) is 4.98 Å². The largest absolute Gasteiger partial charge is 0.457 e. The van der Waals surface area contributed by atoms with Gasteiger partial charge in [-0.05, 0) is 67.6 Å². The second kappa shape index (κ2) is 11.9. The number of fused-ring (bicyclic) bond motifs is 1. The predicted molar refractivity (Wildman–Crippen MR) is 150 cm³/mol. The molecule has 1 fully saturated rings. The van der Waals surface area contributed by atoms with Crippen LogP contribution in [0.2, 0.25) is 0 Å². The molecule has 188 valence electrons. The quantitative estimate of drug-likeness (QED) is 0.293. The Balaban J connectivity index is 0.00000304. The predicted octanol–water partition coefficient (Wildman–Crippen LogP) is 6.64. The van der Waals surface area contributed by atoms with Crippen LogP contribution in [0.5, 0.6) is 11.5 Å². The number of hydrogen-bond acceptors (Lipinski definition) is 6. The zero-order valence-corrected chi connectivity index (χ0v) is 20.4. The van der Waals surface area contributed by atoms with Crippen LogP contribution in [0.1, 0.15) is 38.7 Å². The summed E-state index contributed by atoms with van der Waals surface area (Å²) in [7, 11) is 4.05. The molecule has 2 N–H and O–H groups in total. The fourth-order valence-electron chi connectivity index (χ4n) is 4.70. The molecular formula is C30H37N5O. The maximum Gasteiger partial charge on any atom is 0.225 e. The lowest BCUT2D eigenvalue weighted by atomic mass is 9.91. The van der Waals surface area contributed by atoms with Gasteiger partial charge in [0.15, 0.2) is 0 Å². The van der Waals surface area contributed by atoms with Crippen molar-refractivity contribution in [1.82, 2.24) is 15.3 Å². The van der Waals surface area contributed by atoms with Gasteiger partial charge in [-0.15, -0.1) is 0 Å². The lowest BCUT2D eigenvalue weighted by Crippen LogP contribution is -2.37. The van der Waals surface area contributed by atoms with E-state index < -0.39 is 0 Å². The van der Waals surface area contributed by atoms with E-state index in [1.807, 2.05) is 62.6 Å². The summed E-state index contributed by atoms with van der Waals surface area (Å²) in [5, 5.41) is 8.42. The fraction of sp³-hybridized carbons (Fsp3) is 0.333. The molecule has 1 heterocycles. The molecule has 1 saturated carbocycles. The van der Waals surface area contributed by atoms with Gasteiger partial charge in [-0.3, -0.25) is 0 Å². The molecule has 4 aromatic rings. The van der Waals surface area contributed by atoms with E-state index >= 15 is 0 Å². The van der Waals surface area contributed by atoms with Gasteiger partial charge in [0.25, 0.3) is 0 Å². The highest BCUT2D eigenvalue weighted by molar-refractivity contribution is 5.90. The minimum Gasteiger partial charge on any atom is -0.457 e. The summed E-state index contributed by atoms with van der Waals surface area (Å²) in [6.45, 7) is 0.842. The normalized spacial score (nSPS) is 17.3. The van der Waals surface area contributed by atoms with Crippen LogP contribution in [-0.2, 0) is 6.54 Å². The summed E-state index contributed by atoms with van der Waals surface area (Å²) >= 11 is 0. The zero-order chi connectivity index (χ0) is 24.0. The lowest BCUT2D eigenvalue weighted by molar-refractivity contribution is 0.352. The van der Waals surface area contributed by atoms with Crippen LogP contribution in [0.4, 0.5) is 11.8 Å². The number of rotatable bonds is 8. The summed E-state index contributed by atoms with van der Waals surface area (Å²) in [4.78, 5) is 11.6. The number of hydrogen-bond donors (Lipinski definition) is 2. The van der Waals surface area contributed by atoms with E-state index in [2.05, 4.69) is 45.9 Å². The SMILES string of the molecule is C.CN(C)c1nc(NC2CCC(NCc3cccc(Oc4ccccc4)c3)CC2)nc2ccccc12. The highest BCUT2D eigenvalue weighted by atomic mass is 16.5. The molecule has 0 saturated heterocycles. The van der Waals surface area contributed by atoms with Gasteiger partial charge < -0.3 is 20.3 Å². The Kier molecular flexibility index (Phi) is 8.39. The molecular weight excluding hydrogens is 446 g/mol. The third-order valence-electron chi connectivity index (χ3n) is 6.54. The molecule has 6 heteroatoms. The first-order valence-corrected chi connectivity index (χ1v) is 12.4. The first-order chi connectivity index (χ1) is 17.1. The minimum absolute atomic E-state index is 0. The van der Waals surface area contributed by atoms with E-state index in [-0.39, 0.29) is 7.43 Å². The molecule has 1 aliphatic carbocycles. The number of ether oxygens (including phenoxy) is 1. The van der Waals surface area contributed by atoms with Crippen LogP contribution in [-0.4, -0.2) is 36.1 Å². The topological polar surface area (TPSA) is 62.3 Å². The molecule has 0 bridgehead atoms. The van der Waals surface area contributed by atoms with Crippen LogP contribution in [0.3, 0.4) is 0 Å². The Bertz CT molecular complexity index is 1250. The maximum atomic E-state index is 5.98. The molecule has 3 aromatic carbocycles. The second-order valence-corrected chi connectivity index (χ2v) is 9.42. The van der Waals surface area contributed by atoms with Crippen molar-refractivity contribution in [3.63, 3.8) is 0 Å². The average Bonchev–Trinajstić information content (AvgIpc) is 2.88. The number of nitrogens with one attached hydrogen (secondary N) is 2. The Morgan fingerprint density at radius 3 is 2.28 bits per heavy atom. The molecule has 36 heavy (non-hydrogen) atoms. The summed E-state index contributed by atoms with van der Waals surface area (Å²) in [6, 6.07) is 27.3. The van der Waals surface area contributed by atoms with Crippen molar-refractivity contribution in [3.8, 4) is 11.5 Å². The van der Waals surface area contributed by atoms with Crippen LogP contribution < -0.4 is 20.3 Å². The summed E-state index contributed by atoms with van der Waals surface area (Å²) in [6.07, 6.45) is 4.46. The van der Waals surface area contributed by atoms with Crippen molar-refractivity contribution in [1.29, 1.82) is 0 Å². The Labute approximate surface area is 214 Å². The molecule has 0 amide bonds. The highest BCUT2D eigenvalue weighted by Gasteiger charge is 2.22. The highest BCUT2D eigenvalue weighted by Crippen LogP contribution is 2.27. The third kappa shape index (κ3) is 6.32. The molecule has 0 atom stereocenters. The molecule has 6 nitrogen and oxygen atoms in total. The van der Waals surface area contributed by atoms with Gasteiger partial charge >= 0.3 is 0 Å². The first-order valence-electron chi connectivity index (χ1n) is 12.4. The van der Waals surface area contributed by atoms with Crippen LogP contribution in [0.25, 0.3) is 10.9 Å². The van der Waals surface area contributed by atoms with Crippen molar-refractivity contribution in [2.24, 2.45) is 0 Å². The number of anilines is 2. The van der Waals surface area contributed by atoms with E-state index in [1.165, 1.54) is 5.56 Å². The molecule has 5 rings (SSSR count). The van der Waals surface area contributed by atoms with Gasteiger partial charge in [0.05, 0.1) is 5.52 Å². The van der Waals surface area contributed by atoms with Gasteiger partial charge in [0, 0.05) is 38.1 Å². The van der Waals surface area contributed by atoms with Crippen molar-refractivity contribution in [3.05, 3.63) is 84.4 Å². The molecule has 1 aromatic heterocycles. The Hall–Kier alpha value is -3.64. The van der Waals surface area contributed by atoms with E-state index in [9.17, 15) is 0 Å². The summed E-state index contributed by atoms with van der Waals surface area (Å²) in [5.41, 5.74) is 2.21. The van der Waals surface area contributed by atoms with E-state index in [1.54, 1.807) is 0 Å². The first kappa shape index (κ1) is 25.5. The standard InChI is InChI=1S/C29H33N5O.CH4/c1-34(2)28-26-13-6-7-14-27(26)32-29(33-28)31-23-17-15-22(16-18-23)30-20-21-9-8-12-25(19-21)35-24-10-4-3-5-11-24;/h3-14,19,22-23,30H,15-18,20H2,1-2H3,(H,31,32,33);1H4. The van der Waals surface area contributed by atoms with Gasteiger partial charge in [0.1, 0.15) is 17.3 Å². The third-order valence-corrected chi connectivity index (χ3v) is 6.54. The second-order valence-electron chi connectivity index (χ2n) is 9.42. The number of benzene rings is 3. The van der Waals surface area contributed by atoms with Crippen molar-refractivity contribution in [2.75, 3.05) is 24.3 Å². The van der Waals surface area contributed by atoms with Crippen LogP contribution in [0.15, 0.2) is 78.9 Å². The molecule has 1 aliphatic rings. The number of nitrogens with zero attached hydrogens (tertiary/aromatic N) is 3. The number of para-hydroxylation sites is 2. The van der Waals surface area contributed by atoms with Crippen LogP contribution in [0, 0.1) is 0 Å². The van der Waals surface area contributed by atoms with Crippen LogP contribution >= 0.6 is 0 Å². The maximum absolute atomic E-state index is 5.98. The average molecular weight is 484 g/mol. The van der Waals surface area contributed by atoms with Crippen molar-refractivity contribution >= 4 is 22.7 Å². The smallest absolute Gasteiger partial charge is 0.225 e. The van der Waals surface area contributed by atoms with E-state index in [4.69, 9.17) is 14.7 Å². The number of aromatic nitrogens is 2. The fourth-order valence-corrected chi connectivity index (χ4v) is 4.70. The summed E-state index contributed by atoms with van der Waals surface area (Å²) in [5.74, 6) is 3.40. The van der Waals surface area contributed by atoms with Gasteiger partial charge in [-0.1, -0.05) is 49.9 Å². The minimum atomic E-state index is 0. The van der Waals surface area contributed by atoms with Crippen molar-refractivity contribution in [2.45, 2.75) is 51.7 Å².